The standard InChI is InChI=1S/C14H20BNO5/c1-6-19-12-8-10(7-11(9-12)16(17)18)15-20-13(2,3)14(4,5)21-15/h7-9H,6H2,1-5H3. The van der Waals surface area contributed by atoms with Gasteiger partial charge in [-0.3, -0.25) is 10.1 Å². The molecule has 0 bridgehead atoms. The summed E-state index contributed by atoms with van der Waals surface area (Å²) in [6, 6.07) is 4.58. The molecule has 1 fully saturated rings. The average molecular weight is 293 g/mol. The van der Waals surface area contributed by atoms with Crippen LogP contribution < -0.4 is 10.2 Å². The van der Waals surface area contributed by atoms with Gasteiger partial charge in [0.25, 0.3) is 5.69 Å². The van der Waals surface area contributed by atoms with Gasteiger partial charge in [-0.15, -0.1) is 0 Å². The van der Waals surface area contributed by atoms with Gasteiger partial charge in [-0.2, -0.15) is 0 Å². The van der Waals surface area contributed by atoms with E-state index in [2.05, 4.69) is 0 Å². The van der Waals surface area contributed by atoms with Gasteiger partial charge in [-0.05, 0) is 46.1 Å². The second-order valence-electron chi connectivity index (χ2n) is 6.04. The van der Waals surface area contributed by atoms with Gasteiger partial charge in [0.1, 0.15) is 5.75 Å². The van der Waals surface area contributed by atoms with Crippen molar-refractivity contribution in [2.24, 2.45) is 0 Å². The predicted octanol–water partition coefficient (Wildman–Crippen LogP) is 2.29. The highest BCUT2D eigenvalue weighted by Gasteiger charge is 2.52. The van der Waals surface area contributed by atoms with Crippen molar-refractivity contribution in [2.75, 3.05) is 6.61 Å². The van der Waals surface area contributed by atoms with Crippen molar-refractivity contribution < 1.29 is 19.0 Å². The number of ether oxygens (including phenoxy) is 1. The highest BCUT2D eigenvalue weighted by atomic mass is 16.7. The van der Waals surface area contributed by atoms with Crippen molar-refractivity contribution in [3.8, 4) is 5.75 Å². The highest BCUT2D eigenvalue weighted by molar-refractivity contribution is 6.62. The lowest BCUT2D eigenvalue weighted by atomic mass is 9.79. The van der Waals surface area contributed by atoms with Gasteiger partial charge in [0.15, 0.2) is 0 Å². The molecule has 0 aromatic heterocycles. The molecule has 6 nitrogen and oxygen atoms in total. The Bertz CT molecular complexity index is 542. The molecule has 114 valence electrons. The van der Waals surface area contributed by atoms with Crippen LogP contribution in [-0.4, -0.2) is 29.9 Å². The lowest BCUT2D eigenvalue weighted by molar-refractivity contribution is -0.384. The Morgan fingerprint density at radius 2 is 1.76 bits per heavy atom. The zero-order valence-corrected chi connectivity index (χ0v) is 13.0. The van der Waals surface area contributed by atoms with Crippen molar-refractivity contribution in [2.45, 2.75) is 45.8 Å². The number of hydrogen-bond donors (Lipinski definition) is 0. The van der Waals surface area contributed by atoms with Crippen molar-refractivity contribution in [3.05, 3.63) is 28.3 Å². The molecule has 1 saturated heterocycles. The lowest BCUT2D eigenvalue weighted by Crippen LogP contribution is -2.41. The van der Waals surface area contributed by atoms with Gasteiger partial charge >= 0.3 is 7.12 Å². The monoisotopic (exact) mass is 293 g/mol. The first kappa shape index (κ1) is 15.8. The number of nitrogens with zero attached hydrogens (tertiary/aromatic N) is 1. The topological polar surface area (TPSA) is 70.8 Å². The smallest absolute Gasteiger partial charge is 0.494 e. The quantitative estimate of drug-likeness (QED) is 0.484. The van der Waals surface area contributed by atoms with Crippen LogP contribution in [-0.2, 0) is 9.31 Å². The molecule has 1 aliphatic rings. The molecule has 0 radical (unpaired) electrons. The van der Waals surface area contributed by atoms with E-state index in [9.17, 15) is 10.1 Å². The molecule has 2 rings (SSSR count). The first-order valence-corrected chi connectivity index (χ1v) is 6.94. The number of non-ortho nitro benzene ring substituents is 1. The molecule has 1 aromatic rings. The zero-order chi connectivity index (χ0) is 15.8. The molecule has 0 unspecified atom stereocenters. The van der Waals surface area contributed by atoms with E-state index in [1.807, 2.05) is 34.6 Å². The van der Waals surface area contributed by atoms with Gasteiger partial charge in [0.2, 0.25) is 0 Å². The van der Waals surface area contributed by atoms with E-state index in [4.69, 9.17) is 14.0 Å². The molecular weight excluding hydrogens is 273 g/mol. The van der Waals surface area contributed by atoms with E-state index >= 15 is 0 Å². The number of rotatable bonds is 4. The number of nitro groups is 1. The maximum atomic E-state index is 11.0. The molecule has 0 atom stereocenters. The molecule has 0 spiro atoms. The van der Waals surface area contributed by atoms with Crippen LogP contribution in [0.15, 0.2) is 18.2 Å². The molecule has 0 N–H and O–H groups in total. The molecule has 21 heavy (non-hydrogen) atoms. The van der Waals surface area contributed by atoms with E-state index in [1.165, 1.54) is 12.1 Å². The fourth-order valence-corrected chi connectivity index (χ4v) is 2.08. The van der Waals surface area contributed by atoms with Gasteiger partial charge in [-0.1, -0.05) is 0 Å². The van der Waals surface area contributed by atoms with Crippen LogP contribution in [0, 0.1) is 10.1 Å². The van der Waals surface area contributed by atoms with Crippen LogP contribution in [0.25, 0.3) is 0 Å². The molecule has 0 saturated carbocycles. The Kier molecular flexibility index (Phi) is 3.99. The summed E-state index contributed by atoms with van der Waals surface area (Å²) in [7, 11) is -0.644. The van der Waals surface area contributed by atoms with E-state index in [1.54, 1.807) is 6.07 Å². The molecule has 1 aromatic carbocycles. The minimum absolute atomic E-state index is 0.0364. The summed E-state index contributed by atoms with van der Waals surface area (Å²) in [6.07, 6.45) is 0. The molecule has 0 aliphatic carbocycles. The average Bonchev–Trinajstić information content (AvgIpc) is 2.58. The molecule has 0 amide bonds. The maximum absolute atomic E-state index is 11.0. The predicted molar refractivity (Wildman–Crippen MR) is 80.0 cm³/mol. The summed E-state index contributed by atoms with van der Waals surface area (Å²) in [5.74, 6) is 0.441. The third-order valence-corrected chi connectivity index (χ3v) is 3.96. The van der Waals surface area contributed by atoms with Gasteiger partial charge in [0.05, 0.1) is 28.8 Å². The Morgan fingerprint density at radius 1 is 1.19 bits per heavy atom. The summed E-state index contributed by atoms with van der Waals surface area (Å²) in [5.41, 5.74) is -0.431. The number of benzene rings is 1. The Labute approximate surface area is 124 Å². The Balaban J connectivity index is 2.38. The third kappa shape index (κ3) is 3.03. The summed E-state index contributed by atoms with van der Waals surface area (Å²) in [5, 5.41) is 11.0. The Hall–Kier alpha value is -1.60. The van der Waals surface area contributed by atoms with Crippen LogP contribution >= 0.6 is 0 Å². The minimum atomic E-state index is -0.644. The Morgan fingerprint density at radius 3 is 2.24 bits per heavy atom. The van der Waals surface area contributed by atoms with Crippen molar-refractivity contribution in [1.29, 1.82) is 0 Å². The fraction of sp³-hybridized carbons (Fsp3) is 0.571. The first-order valence-electron chi connectivity index (χ1n) is 6.94. The van der Waals surface area contributed by atoms with Crippen LogP contribution in [0.1, 0.15) is 34.6 Å². The molecule has 7 heteroatoms. The zero-order valence-electron chi connectivity index (χ0n) is 13.0. The van der Waals surface area contributed by atoms with Crippen LogP contribution in [0.2, 0.25) is 0 Å². The normalized spacial score (nSPS) is 19.6. The summed E-state index contributed by atoms with van der Waals surface area (Å²) in [4.78, 5) is 10.6. The fourth-order valence-electron chi connectivity index (χ4n) is 2.08. The number of hydrogen-bond acceptors (Lipinski definition) is 5. The van der Waals surface area contributed by atoms with Crippen molar-refractivity contribution in [3.63, 3.8) is 0 Å². The van der Waals surface area contributed by atoms with Crippen LogP contribution in [0.4, 0.5) is 5.69 Å². The second kappa shape index (κ2) is 5.31. The van der Waals surface area contributed by atoms with E-state index in [0.29, 0.717) is 17.8 Å². The van der Waals surface area contributed by atoms with Gasteiger partial charge in [0, 0.05) is 6.07 Å². The van der Waals surface area contributed by atoms with Crippen LogP contribution in [0.3, 0.4) is 0 Å². The SMILES string of the molecule is CCOc1cc(B2OC(C)(C)C(C)(C)O2)cc([N+](=O)[O-])c1. The summed E-state index contributed by atoms with van der Waals surface area (Å²) >= 11 is 0. The summed E-state index contributed by atoms with van der Waals surface area (Å²) in [6.45, 7) is 10.0. The molecule has 1 heterocycles. The third-order valence-electron chi connectivity index (χ3n) is 3.96. The molecule has 1 aliphatic heterocycles. The van der Waals surface area contributed by atoms with Gasteiger partial charge < -0.3 is 14.0 Å². The minimum Gasteiger partial charge on any atom is -0.494 e. The lowest BCUT2D eigenvalue weighted by Gasteiger charge is -2.32. The van der Waals surface area contributed by atoms with Crippen molar-refractivity contribution >= 4 is 18.3 Å². The molecular formula is C14H20BNO5. The second-order valence-corrected chi connectivity index (χ2v) is 6.04. The highest BCUT2D eigenvalue weighted by Crippen LogP contribution is 2.37. The largest absolute Gasteiger partial charge is 0.495 e. The van der Waals surface area contributed by atoms with Crippen molar-refractivity contribution in [1.82, 2.24) is 0 Å². The van der Waals surface area contributed by atoms with Crippen LogP contribution in [0.5, 0.6) is 5.75 Å². The van der Waals surface area contributed by atoms with E-state index < -0.39 is 23.2 Å². The van der Waals surface area contributed by atoms with Gasteiger partial charge in [-0.25, -0.2) is 0 Å². The number of nitro benzene ring substituents is 1. The summed E-state index contributed by atoms with van der Waals surface area (Å²) < 4.78 is 17.2. The van der Waals surface area contributed by atoms with E-state index in [-0.39, 0.29) is 5.69 Å². The maximum Gasteiger partial charge on any atom is 0.495 e. The first-order chi connectivity index (χ1) is 9.66. The van der Waals surface area contributed by atoms with E-state index in [0.717, 1.165) is 0 Å².